The Bertz CT molecular complexity index is 184. The lowest BCUT2D eigenvalue weighted by molar-refractivity contribution is -0.0296. The molecule has 0 amide bonds. The van der Waals surface area contributed by atoms with Crippen LogP contribution < -0.4 is 0 Å². The predicted molar refractivity (Wildman–Crippen MR) is 67.6 cm³/mol. The van der Waals surface area contributed by atoms with Gasteiger partial charge in [0, 0.05) is 38.0 Å². The van der Waals surface area contributed by atoms with E-state index < -0.39 is 0 Å². The van der Waals surface area contributed by atoms with Gasteiger partial charge in [-0.1, -0.05) is 0 Å². The largest absolute Gasteiger partial charge is 0.392 e. The van der Waals surface area contributed by atoms with Crippen LogP contribution in [-0.2, 0) is 0 Å². The number of nitrogens with zero attached hydrogens (tertiary/aromatic N) is 3. The van der Waals surface area contributed by atoms with Gasteiger partial charge in [0.1, 0.15) is 0 Å². The maximum absolute atomic E-state index is 10.4. The third kappa shape index (κ3) is 4.01. The number of aliphatic hydroxyl groups excluding tert-OH is 1. The first-order valence-corrected chi connectivity index (χ1v) is 6.06. The fraction of sp³-hybridized carbons (Fsp3) is 1.00. The number of hydrogen-bond donors (Lipinski definition) is 1. The summed E-state index contributed by atoms with van der Waals surface area (Å²) in [6.45, 7) is 3.94. The van der Waals surface area contributed by atoms with Crippen LogP contribution in [0.3, 0.4) is 0 Å². The van der Waals surface area contributed by atoms with Gasteiger partial charge in [0.15, 0.2) is 0 Å². The van der Waals surface area contributed by atoms with E-state index in [1.54, 1.807) is 0 Å². The van der Waals surface area contributed by atoms with Gasteiger partial charge in [-0.2, -0.15) is 0 Å². The predicted octanol–water partition coefficient (Wildman–Crippen LogP) is -0.352. The van der Waals surface area contributed by atoms with Crippen LogP contribution in [0.4, 0.5) is 0 Å². The molecular formula is C12H27N3O. The number of likely N-dealkylation sites (tertiary alicyclic amines) is 1. The van der Waals surface area contributed by atoms with E-state index >= 15 is 0 Å². The topological polar surface area (TPSA) is 30.0 Å². The van der Waals surface area contributed by atoms with Crippen molar-refractivity contribution in [3.8, 4) is 0 Å². The van der Waals surface area contributed by atoms with Gasteiger partial charge in [-0.05, 0) is 35.2 Å². The zero-order chi connectivity index (χ0) is 12.3. The Morgan fingerprint density at radius 1 is 1.00 bits per heavy atom. The molecule has 0 radical (unpaired) electrons. The number of rotatable bonds is 4. The normalized spacial score (nSPS) is 32.6. The summed E-state index contributed by atoms with van der Waals surface area (Å²) in [5, 5.41) is 10.4. The molecule has 1 saturated heterocycles. The lowest BCUT2D eigenvalue weighted by Gasteiger charge is -2.41. The van der Waals surface area contributed by atoms with Crippen LogP contribution in [-0.4, -0.2) is 87.3 Å². The number of hydrogen-bond acceptors (Lipinski definition) is 4. The van der Waals surface area contributed by atoms with Crippen LogP contribution in [0.2, 0.25) is 0 Å². The van der Waals surface area contributed by atoms with E-state index in [4.69, 9.17) is 0 Å². The van der Waals surface area contributed by atoms with E-state index in [1.165, 1.54) is 0 Å². The molecule has 0 spiro atoms. The van der Waals surface area contributed by atoms with E-state index in [2.05, 4.69) is 49.9 Å². The lowest BCUT2D eigenvalue weighted by Crippen LogP contribution is -2.53. The van der Waals surface area contributed by atoms with Gasteiger partial charge in [0.25, 0.3) is 0 Å². The second kappa shape index (κ2) is 5.96. The molecule has 16 heavy (non-hydrogen) atoms. The van der Waals surface area contributed by atoms with Crippen molar-refractivity contribution >= 4 is 0 Å². The van der Waals surface area contributed by atoms with Crippen molar-refractivity contribution in [2.45, 2.75) is 6.10 Å². The van der Waals surface area contributed by atoms with Gasteiger partial charge >= 0.3 is 0 Å². The lowest BCUT2D eigenvalue weighted by atomic mass is 9.85. The highest BCUT2D eigenvalue weighted by atomic mass is 16.3. The Hall–Kier alpha value is -0.160. The standard InChI is InChI=1S/C12H27N3O/c1-13(2)6-10-8-15(5)9-11(12(10)16)7-14(3)4/h10-12,16H,6-9H2,1-5H3. The van der Waals surface area contributed by atoms with E-state index in [-0.39, 0.29) is 6.10 Å². The molecular weight excluding hydrogens is 202 g/mol. The van der Waals surface area contributed by atoms with E-state index in [9.17, 15) is 5.11 Å². The Labute approximate surface area is 99.8 Å². The molecule has 4 heteroatoms. The van der Waals surface area contributed by atoms with Crippen LogP contribution in [0.5, 0.6) is 0 Å². The van der Waals surface area contributed by atoms with Crippen molar-refractivity contribution in [2.75, 3.05) is 61.4 Å². The van der Waals surface area contributed by atoms with Crippen LogP contribution in [0.1, 0.15) is 0 Å². The first-order valence-electron chi connectivity index (χ1n) is 6.06. The maximum Gasteiger partial charge on any atom is 0.0645 e. The van der Waals surface area contributed by atoms with Crippen LogP contribution in [0, 0.1) is 11.8 Å². The summed E-state index contributed by atoms with van der Waals surface area (Å²) in [5.74, 6) is 0.748. The fourth-order valence-electron chi connectivity index (χ4n) is 2.75. The molecule has 2 atom stereocenters. The fourth-order valence-corrected chi connectivity index (χ4v) is 2.75. The molecule has 1 aliphatic rings. The quantitative estimate of drug-likeness (QED) is 0.714. The van der Waals surface area contributed by atoms with E-state index in [0.717, 1.165) is 26.2 Å². The monoisotopic (exact) mass is 229 g/mol. The van der Waals surface area contributed by atoms with Crippen LogP contribution in [0.15, 0.2) is 0 Å². The van der Waals surface area contributed by atoms with Crippen molar-refractivity contribution in [3.05, 3.63) is 0 Å². The highest BCUT2D eigenvalue weighted by Crippen LogP contribution is 2.22. The van der Waals surface area contributed by atoms with Gasteiger partial charge < -0.3 is 19.8 Å². The summed E-state index contributed by atoms with van der Waals surface area (Å²) in [4.78, 5) is 6.68. The van der Waals surface area contributed by atoms with Crippen molar-refractivity contribution < 1.29 is 5.11 Å². The first-order chi connectivity index (χ1) is 7.40. The Kier molecular flexibility index (Phi) is 5.18. The van der Waals surface area contributed by atoms with Crippen molar-refractivity contribution in [1.29, 1.82) is 0 Å². The van der Waals surface area contributed by atoms with Crippen molar-refractivity contribution in [2.24, 2.45) is 11.8 Å². The summed E-state index contributed by atoms with van der Waals surface area (Å²) >= 11 is 0. The van der Waals surface area contributed by atoms with Gasteiger partial charge in [-0.3, -0.25) is 0 Å². The Morgan fingerprint density at radius 3 is 1.69 bits per heavy atom. The summed E-state index contributed by atoms with van der Waals surface area (Å²) in [6.07, 6.45) is -0.166. The molecule has 0 aromatic heterocycles. The number of aliphatic hydroxyl groups is 1. The third-order valence-corrected chi connectivity index (χ3v) is 3.26. The van der Waals surface area contributed by atoms with Gasteiger partial charge in [0.2, 0.25) is 0 Å². The third-order valence-electron chi connectivity index (χ3n) is 3.26. The van der Waals surface area contributed by atoms with Gasteiger partial charge in [-0.15, -0.1) is 0 Å². The second-order valence-corrected chi connectivity index (χ2v) is 5.76. The van der Waals surface area contributed by atoms with E-state index in [1.807, 2.05) is 0 Å². The SMILES string of the molecule is CN(C)CC1CN(C)CC(CN(C)C)C1O. The molecule has 1 N–H and O–H groups in total. The summed E-state index contributed by atoms with van der Waals surface area (Å²) < 4.78 is 0. The van der Waals surface area contributed by atoms with Gasteiger partial charge in [0.05, 0.1) is 6.10 Å². The van der Waals surface area contributed by atoms with Crippen molar-refractivity contribution in [1.82, 2.24) is 14.7 Å². The molecule has 0 bridgehead atoms. The van der Waals surface area contributed by atoms with Crippen LogP contribution in [0.25, 0.3) is 0 Å². The molecule has 1 fully saturated rings. The maximum atomic E-state index is 10.4. The van der Waals surface area contributed by atoms with Crippen LogP contribution >= 0.6 is 0 Å². The molecule has 0 saturated carbocycles. The molecule has 96 valence electrons. The molecule has 1 aliphatic heterocycles. The molecule has 1 rings (SSSR count). The smallest absolute Gasteiger partial charge is 0.0645 e. The highest BCUT2D eigenvalue weighted by molar-refractivity contribution is 4.87. The Morgan fingerprint density at radius 2 is 1.38 bits per heavy atom. The molecule has 4 nitrogen and oxygen atoms in total. The molecule has 1 heterocycles. The highest BCUT2D eigenvalue weighted by Gasteiger charge is 2.34. The Balaban J connectivity index is 2.58. The minimum Gasteiger partial charge on any atom is -0.392 e. The zero-order valence-electron chi connectivity index (χ0n) is 11.3. The van der Waals surface area contributed by atoms with Crippen molar-refractivity contribution in [3.63, 3.8) is 0 Å². The second-order valence-electron chi connectivity index (χ2n) is 5.76. The minimum atomic E-state index is -0.166. The first kappa shape index (κ1) is 13.9. The average molecular weight is 229 g/mol. The molecule has 0 aromatic carbocycles. The summed E-state index contributed by atoms with van der Waals surface area (Å²) in [7, 11) is 10.4. The molecule has 0 aromatic rings. The molecule has 2 unspecified atom stereocenters. The average Bonchev–Trinajstić information content (AvgIpc) is 2.11. The van der Waals surface area contributed by atoms with Gasteiger partial charge in [-0.25, -0.2) is 0 Å². The zero-order valence-corrected chi connectivity index (χ0v) is 11.3. The minimum absolute atomic E-state index is 0.166. The van der Waals surface area contributed by atoms with E-state index in [0.29, 0.717) is 11.8 Å². The summed E-state index contributed by atoms with van der Waals surface area (Å²) in [6, 6.07) is 0. The number of piperidine rings is 1. The molecule has 0 aliphatic carbocycles. The summed E-state index contributed by atoms with van der Waals surface area (Å²) in [5.41, 5.74) is 0.